The fourth-order valence-electron chi connectivity index (χ4n) is 3.37. The zero-order valence-corrected chi connectivity index (χ0v) is 17.6. The highest BCUT2D eigenvalue weighted by atomic mass is 16.5. The summed E-state index contributed by atoms with van der Waals surface area (Å²) in [5.74, 6) is -0.175. The molecule has 1 amide bonds. The van der Waals surface area contributed by atoms with Gasteiger partial charge < -0.3 is 9.84 Å². The molecule has 4 rings (SSSR count). The van der Waals surface area contributed by atoms with Gasteiger partial charge >= 0.3 is 0 Å². The summed E-state index contributed by atoms with van der Waals surface area (Å²) in [6.45, 7) is 4.37. The Morgan fingerprint density at radius 3 is 2.29 bits per heavy atom. The van der Waals surface area contributed by atoms with E-state index < -0.39 is 0 Å². The van der Waals surface area contributed by atoms with E-state index in [1.165, 1.54) is 22.0 Å². The summed E-state index contributed by atoms with van der Waals surface area (Å²) >= 11 is 0. The minimum atomic E-state index is -0.353. The Hall–Kier alpha value is -3.74. The molecule has 0 unspecified atom stereocenters. The van der Waals surface area contributed by atoms with E-state index in [1.54, 1.807) is 0 Å². The molecule has 0 atom stereocenters. The van der Waals surface area contributed by atoms with Crippen LogP contribution in [0, 0.1) is 0 Å². The Labute approximate surface area is 179 Å². The number of amides is 1. The topological polar surface area (TPSA) is 90.0 Å². The van der Waals surface area contributed by atoms with Crippen LogP contribution in [0.5, 0.6) is 0 Å². The van der Waals surface area contributed by atoms with Gasteiger partial charge in [-0.2, -0.15) is 0 Å². The lowest BCUT2D eigenvalue weighted by Crippen LogP contribution is -2.23. The van der Waals surface area contributed by atoms with Crippen molar-refractivity contribution in [2.45, 2.75) is 39.7 Å². The highest BCUT2D eigenvalue weighted by Crippen LogP contribution is 2.25. The van der Waals surface area contributed by atoms with Gasteiger partial charge in [0.25, 0.3) is 11.1 Å². The molecule has 0 spiro atoms. The van der Waals surface area contributed by atoms with Crippen LogP contribution in [0.15, 0.2) is 64.2 Å². The maximum absolute atomic E-state index is 12.8. The standard InChI is InChI=1S/C24H24N4O3/c1-3-16-5-9-18(10-6-16)21-22-23(31-27-21)24(30)28(15-25-22)14-13-20(29)26-19-11-7-17(4-2)8-12-19/h5-12,15H,3-4,13-14H2,1-2H3,(H,26,29). The molecule has 158 valence electrons. The fourth-order valence-corrected chi connectivity index (χ4v) is 3.37. The van der Waals surface area contributed by atoms with Gasteiger partial charge in [-0.3, -0.25) is 14.2 Å². The summed E-state index contributed by atoms with van der Waals surface area (Å²) in [6.07, 6.45) is 3.47. The molecule has 0 aliphatic carbocycles. The highest BCUT2D eigenvalue weighted by molar-refractivity contribution is 5.90. The number of aryl methyl sites for hydroxylation is 3. The van der Waals surface area contributed by atoms with E-state index in [2.05, 4.69) is 29.3 Å². The van der Waals surface area contributed by atoms with Crippen LogP contribution in [-0.4, -0.2) is 20.6 Å². The number of fused-ring (bicyclic) bond motifs is 1. The van der Waals surface area contributed by atoms with Crippen molar-refractivity contribution in [3.8, 4) is 11.3 Å². The quantitative estimate of drug-likeness (QED) is 0.487. The Morgan fingerprint density at radius 1 is 1.00 bits per heavy atom. The molecule has 1 N–H and O–H groups in total. The van der Waals surface area contributed by atoms with Gasteiger partial charge in [0, 0.05) is 24.2 Å². The minimum Gasteiger partial charge on any atom is -0.348 e. The van der Waals surface area contributed by atoms with Gasteiger partial charge in [-0.05, 0) is 36.1 Å². The van der Waals surface area contributed by atoms with Crippen LogP contribution in [0.3, 0.4) is 0 Å². The normalized spacial score (nSPS) is 11.0. The maximum atomic E-state index is 12.8. The third kappa shape index (κ3) is 4.40. The molecule has 2 aromatic carbocycles. The van der Waals surface area contributed by atoms with Crippen molar-refractivity contribution >= 4 is 22.7 Å². The number of rotatable bonds is 7. The monoisotopic (exact) mass is 416 g/mol. The van der Waals surface area contributed by atoms with E-state index in [4.69, 9.17) is 4.52 Å². The zero-order valence-electron chi connectivity index (χ0n) is 17.6. The Balaban J connectivity index is 1.47. The largest absolute Gasteiger partial charge is 0.348 e. The number of nitrogens with zero attached hydrogens (tertiary/aromatic N) is 3. The van der Waals surface area contributed by atoms with E-state index >= 15 is 0 Å². The fraction of sp³-hybridized carbons (Fsp3) is 0.250. The molecule has 0 aliphatic heterocycles. The van der Waals surface area contributed by atoms with Crippen LogP contribution < -0.4 is 10.9 Å². The van der Waals surface area contributed by atoms with Gasteiger partial charge in [-0.15, -0.1) is 0 Å². The third-order valence-corrected chi connectivity index (χ3v) is 5.31. The van der Waals surface area contributed by atoms with Gasteiger partial charge in [0.1, 0.15) is 11.2 Å². The maximum Gasteiger partial charge on any atom is 0.299 e. The van der Waals surface area contributed by atoms with Crippen molar-refractivity contribution < 1.29 is 9.32 Å². The van der Waals surface area contributed by atoms with Gasteiger partial charge in [0.15, 0.2) is 0 Å². The van der Waals surface area contributed by atoms with Crippen molar-refractivity contribution in [3.05, 3.63) is 76.3 Å². The van der Waals surface area contributed by atoms with Crippen molar-refractivity contribution in [2.24, 2.45) is 0 Å². The molecule has 0 radical (unpaired) electrons. The first kappa shape index (κ1) is 20.5. The van der Waals surface area contributed by atoms with Crippen LogP contribution in [0.25, 0.3) is 22.4 Å². The Bertz CT molecular complexity index is 1250. The number of carbonyl (C=O) groups is 1. The summed E-state index contributed by atoms with van der Waals surface area (Å²) < 4.78 is 6.68. The first-order chi connectivity index (χ1) is 15.1. The molecule has 2 aromatic heterocycles. The number of carbonyl (C=O) groups excluding carboxylic acids is 1. The second-order valence-electron chi connectivity index (χ2n) is 7.35. The van der Waals surface area contributed by atoms with Crippen LogP contribution in [-0.2, 0) is 24.2 Å². The molecule has 0 saturated carbocycles. The van der Waals surface area contributed by atoms with Crippen molar-refractivity contribution in [3.63, 3.8) is 0 Å². The zero-order chi connectivity index (χ0) is 21.8. The van der Waals surface area contributed by atoms with Gasteiger partial charge in [-0.1, -0.05) is 55.4 Å². The lowest BCUT2D eigenvalue weighted by atomic mass is 10.1. The first-order valence-corrected chi connectivity index (χ1v) is 10.4. The van der Waals surface area contributed by atoms with Crippen molar-refractivity contribution in [1.82, 2.24) is 14.7 Å². The lowest BCUT2D eigenvalue weighted by molar-refractivity contribution is -0.116. The van der Waals surface area contributed by atoms with Crippen molar-refractivity contribution in [2.75, 3.05) is 5.32 Å². The van der Waals surface area contributed by atoms with Crippen LogP contribution in [0.2, 0.25) is 0 Å². The highest BCUT2D eigenvalue weighted by Gasteiger charge is 2.16. The summed E-state index contributed by atoms with van der Waals surface area (Å²) in [5.41, 5.74) is 4.69. The molecule has 0 bridgehead atoms. The molecule has 4 aromatic rings. The third-order valence-electron chi connectivity index (χ3n) is 5.31. The molecule has 0 saturated heterocycles. The first-order valence-electron chi connectivity index (χ1n) is 10.4. The molecule has 0 aliphatic rings. The van der Waals surface area contributed by atoms with E-state index in [-0.39, 0.29) is 30.0 Å². The average molecular weight is 416 g/mol. The van der Waals surface area contributed by atoms with E-state index in [9.17, 15) is 9.59 Å². The van der Waals surface area contributed by atoms with E-state index in [0.29, 0.717) is 11.2 Å². The number of hydrogen-bond donors (Lipinski definition) is 1. The van der Waals surface area contributed by atoms with Crippen molar-refractivity contribution in [1.29, 1.82) is 0 Å². The molecular formula is C24H24N4O3. The number of aromatic nitrogens is 3. The predicted octanol–water partition coefficient (Wildman–Crippen LogP) is 4.21. The van der Waals surface area contributed by atoms with Gasteiger partial charge in [-0.25, -0.2) is 4.98 Å². The predicted molar refractivity (Wildman–Crippen MR) is 120 cm³/mol. The van der Waals surface area contributed by atoms with E-state index in [1.807, 2.05) is 48.5 Å². The second kappa shape index (κ2) is 8.95. The molecule has 0 fully saturated rings. The average Bonchev–Trinajstić information content (AvgIpc) is 3.24. The SMILES string of the molecule is CCc1ccc(NC(=O)CCn2cnc3c(-c4ccc(CC)cc4)noc3c2=O)cc1. The van der Waals surface area contributed by atoms with E-state index in [0.717, 1.165) is 24.1 Å². The summed E-state index contributed by atoms with van der Waals surface area (Å²) in [6, 6.07) is 15.6. The summed E-state index contributed by atoms with van der Waals surface area (Å²) in [5, 5.41) is 6.90. The summed E-state index contributed by atoms with van der Waals surface area (Å²) in [7, 11) is 0. The van der Waals surface area contributed by atoms with Crippen LogP contribution >= 0.6 is 0 Å². The Kier molecular flexibility index (Phi) is 5.93. The van der Waals surface area contributed by atoms with Crippen LogP contribution in [0.1, 0.15) is 31.4 Å². The Morgan fingerprint density at radius 2 is 1.65 bits per heavy atom. The number of hydrogen-bond acceptors (Lipinski definition) is 5. The number of anilines is 1. The molecule has 31 heavy (non-hydrogen) atoms. The second-order valence-corrected chi connectivity index (χ2v) is 7.35. The molecular weight excluding hydrogens is 392 g/mol. The summed E-state index contributed by atoms with van der Waals surface area (Å²) in [4.78, 5) is 29.4. The van der Waals surface area contributed by atoms with Gasteiger partial charge in [0.05, 0.1) is 6.33 Å². The van der Waals surface area contributed by atoms with Gasteiger partial charge in [0.2, 0.25) is 5.91 Å². The smallest absolute Gasteiger partial charge is 0.299 e. The number of nitrogens with one attached hydrogen (secondary N) is 1. The molecule has 2 heterocycles. The van der Waals surface area contributed by atoms with Crippen LogP contribution in [0.4, 0.5) is 5.69 Å². The number of benzene rings is 2. The minimum absolute atomic E-state index is 0.0904. The molecule has 7 heteroatoms. The lowest BCUT2D eigenvalue weighted by Gasteiger charge is -2.07. The molecule has 7 nitrogen and oxygen atoms in total.